The first-order valence-corrected chi connectivity index (χ1v) is 7.08. The van der Waals surface area contributed by atoms with Gasteiger partial charge in [-0.1, -0.05) is 24.3 Å². The Kier molecular flexibility index (Phi) is 2.91. The smallest absolute Gasteiger partial charge is 0.170 e. The largest absolute Gasteiger partial charge is 0.339 e. The molecule has 0 spiro atoms. The number of benzene rings is 3. The third-order valence-corrected chi connectivity index (χ3v) is 4.01. The summed E-state index contributed by atoms with van der Waals surface area (Å²) in [6, 6.07) is 12.1. The minimum Gasteiger partial charge on any atom is -0.339 e. The molecule has 1 heterocycles. The van der Waals surface area contributed by atoms with Crippen molar-refractivity contribution in [2.24, 2.45) is 4.99 Å². The predicted octanol–water partition coefficient (Wildman–Crippen LogP) is 5.07. The Bertz CT molecular complexity index is 988. The first kappa shape index (κ1) is 13.8. The van der Waals surface area contributed by atoms with Gasteiger partial charge in [0.05, 0.1) is 11.3 Å². The van der Waals surface area contributed by atoms with Gasteiger partial charge in [-0.25, -0.2) is 18.2 Å². The first-order valence-electron chi connectivity index (χ1n) is 7.08. The molecule has 23 heavy (non-hydrogen) atoms. The second-order valence-corrected chi connectivity index (χ2v) is 5.43. The Balaban J connectivity index is 1.96. The molecule has 0 bridgehead atoms. The van der Waals surface area contributed by atoms with Gasteiger partial charge in [0.1, 0.15) is 11.7 Å². The zero-order valence-corrected chi connectivity index (χ0v) is 12.1. The van der Waals surface area contributed by atoms with Crippen LogP contribution in [0.1, 0.15) is 11.1 Å². The van der Waals surface area contributed by atoms with Crippen LogP contribution in [0.5, 0.6) is 0 Å². The predicted molar refractivity (Wildman–Crippen MR) is 84.8 cm³/mol. The summed E-state index contributed by atoms with van der Waals surface area (Å²) in [4.78, 5) is 4.34. The Morgan fingerprint density at radius 2 is 1.70 bits per heavy atom. The van der Waals surface area contributed by atoms with Crippen LogP contribution in [0.2, 0.25) is 0 Å². The molecule has 3 aromatic carbocycles. The molecule has 1 aliphatic heterocycles. The molecule has 4 rings (SSSR count). The highest BCUT2D eigenvalue weighted by Crippen LogP contribution is 2.36. The normalized spacial score (nSPS) is 13.0. The van der Waals surface area contributed by atoms with Crippen molar-refractivity contribution in [2.75, 3.05) is 5.32 Å². The monoisotopic (exact) mass is 312 g/mol. The minimum atomic E-state index is -1.19. The number of nitrogens with zero attached hydrogens (tertiary/aromatic N) is 1. The summed E-state index contributed by atoms with van der Waals surface area (Å²) in [7, 11) is 0. The zero-order valence-electron chi connectivity index (χ0n) is 12.1. The van der Waals surface area contributed by atoms with E-state index < -0.39 is 17.5 Å². The van der Waals surface area contributed by atoms with Crippen LogP contribution in [-0.4, -0.2) is 5.84 Å². The summed E-state index contributed by atoms with van der Waals surface area (Å²) in [6.07, 6.45) is 0. The number of hydrogen-bond donors (Lipinski definition) is 1. The number of hydrogen-bond acceptors (Lipinski definition) is 2. The highest BCUT2D eigenvalue weighted by atomic mass is 19.2. The van der Waals surface area contributed by atoms with Crippen LogP contribution in [0.15, 0.2) is 47.5 Å². The van der Waals surface area contributed by atoms with Crippen molar-refractivity contribution < 1.29 is 13.2 Å². The average molecular weight is 312 g/mol. The number of halogens is 3. The van der Waals surface area contributed by atoms with E-state index in [9.17, 15) is 13.2 Å². The molecule has 0 radical (unpaired) electrons. The molecule has 2 nitrogen and oxygen atoms in total. The van der Waals surface area contributed by atoms with Gasteiger partial charge in [0.2, 0.25) is 0 Å². The lowest BCUT2D eigenvalue weighted by molar-refractivity contribution is 0.484. The number of rotatable bonds is 1. The van der Waals surface area contributed by atoms with Crippen LogP contribution in [0.4, 0.5) is 24.5 Å². The zero-order chi connectivity index (χ0) is 16.1. The third kappa shape index (κ3) is 2.00. The maximum Gasteiger partial charge on any atom is 0.170 e. The quantitative estimate of drug-likeness (QED) is 0.623. The third-order valence-electron chi connectivity index (χ3n) is 4.01. The van der Waals surface area contributed by atoms with E-state index in [0.29, 0.717) is 5.69 Å². The van der Waals surface area contributed by atoms with Gasteiger partial charge in [-0.15, -0.1) is 0 Å². The van der Waals surface area contributed by atoms with E-state index in [1.807, 2.05) is 30.3 Å². The minimum absolute atomic E-state index is 0.0894. The van der Waals surface area contributed by atoms with Crippen molar-refractivity contribution in [3.05, 3.63) is 71.0 Å². The fraction of sp³-hybridized carbons (Fsp3) is 0.0556. The maximum atomic E-state index is 14.2. The molecule has 0 unspecified atom stereocenters. The number of nitrogens with one attached hydrogen (secondary N) is 1. The Labute approximate surface area is 130 Å². The average Bonchev–Trinajstić information content (AvgIpc) is 2.56. The van der Waals surface area contributed by atoms with Gasteiger partial charge in [0.15, 0.2) is 11.6 Å². The SMILES string of the molecule is Cc1c(F)cc(C2=Nc3cccc4cccc(c34)N2)c(F)c1F. The van der Waals surface area contributed by atoms with Crippen LogP contribution in [0.3, 0.4) is 0 Å². The molecular weight excluding hydrogens is 301 g/mol. The van der Waals surface area contributed by atoms with Crippen molar-refractivity contribution >= 4 is 28.0 Å². The molecule has 0 saturated carbocycles. The van der Waals surface area contributed by atoms with Gasteiger partial charge < -0.3 is 5.32 Å². The van der Waals surface area contributed by atoms with E-state index >= 15 is 0 Å². The summed E-state index contributed by atoms with van der Waals surface area (Å²) < 4.78 is 41.9. The van der Waals surface area contributed by atoms with E-state index in [-0.39, 0.29) is 17.0 Å². The molecule has 5 heteroatoms. The lowest BCUT2D eigenvalue weighted by Crippen LogP contribution is -2.19. The molecule has 0 aromatic heterocycles. The molecule has 0 aliphatic carbocycles. The van der Waals surface area contributed by atoms with Gasteiger partial charge in [0, 0.05) is 16.6 Å². The summed E-state index contributed by atoms with van der Waals surface area (Å²) in [5.41, 5.74) is 0.791. The van der Waals surface area contributed by atoms with E-state index in [2.05, 4.69) is 10.3 Å². The van der Waals surface area contributed by atoms with Crippen LogP contribution in [-0.2, 0) is 0 Å². The standard InChI is InChI=1S/C18H11F3N2/c1-9-12(19)8-11(17(21)16(9)20)18-22-13-6-2-4-10-5-3-7-14(23-18)15(10)13/h2-8H,1H3,(H,22,23). The van der Waals surface area contributed by atoms with Gasteiger partial charge >= 0.3 is 0 Å². The maximum absolute atomic E-state index is 14.2. The van der Waals surface area contributed by atoms with Crippen LogP contribution in [0.25, 0.3) is 10.8 Å². The second kappa shape index (κ2) is 4.84. The van der Waals surface area contributed by atoms with E-state index in [4.69, 9.17) is 0 Å². The molecule has 0 atom stereocenters. The Morgan fingerprint density at radius 1 is 0.957 bits per heavy atom. The number of amidine groups is 1. The van der Waals surface area contributed by atoms with Crippen molar-refractivity contribution in [3.8, 4) is 0 Å². The van der Waals surface area contributed by atoms with Gasteiger partial charge in [0.25, 0.3) is 0 Å². The van der Waals surface area contributed by atoms with Crippen LogP contribution >= 0.6 is 0 Å². The van der Waals surface area contributed by atoms with E-state index in [1.165, 1.54) is 6.92 Å². The highest BCUT2D eigenvalue weighted by Gasteiger charge is 2.22. The van der Waals surface area contributed by atoms with Crippen molar-refractivity contribution in [2.45, 2.75) is 6.92 Å². The lowest BCUT2D eigenvalue weighted by atomic mass is 10.0. The van der Waals surface area contributed by atoms with Gasteiger partial charge in [-0.2, -0.15) is 0 Å². The number of anilines is 1. The molecule has 3 aromatic rings. The summed E-state index contributed by atoms with van der Waals surface area (Å²) >= 11 is 0. The molecule has 114 valence electrons. The van der Waals surface area contributed by atoms with Crippen LogP contribution < -0.4 is 5.32 Å². The molecule has 1 N–H and O–H groups in total. The second-order valence-electron chi connectivity index (χ2n) is 5.43. The van der Waals surface area contributed by atoms with Crippen molar-refractivity contribution in [1.82, 2.24) is 0 Å². The molecule has 0 fully saturated rings. The molecule has 0 amide bonds. The van der Waals surface area contributed by atoms with Crippen LogP contribution in [0, 0.1) is 24.4 Å². The summed E-state index contributed by atoms with van der Waals surface area (Å²) in [5, 5.41) is 4.85. The highest BCUT2D eigenvalue weighted by molar-refractivity contribution is 6.19. The van der Waals surface area contributed by atoms with Crippen molar-refractivity contribution in [1.29, 1.82) is 0 Å². The number of aliphatic imine (C=N–C) groups is 1. The first-order chi connectivity index (χ1) is 11.1. The lowest BCUT2D eigenvalue weighted by Gasteiger charge is -2.19. The fourth-order valence-electron chi connectivity index (χ4n) is 2.78. The van der Waals surface area contributed by atoms with Gasteiger partial charge in [-0.05, 0) is 30.5 Å². The van der Waals surface area contributed by atoms with E-state index in [1.54, 1.807) is 6.07 Å². The molecular formula is C18H11F3N2. The Morgan fingerprint density at radius 3 is 2.48 bits per heavy atom. The Hall–Kier alpha value is -2.82. The van der Waals surface area contributed by atoms with Gasteiger partial charge in [-0.3, -0.25) is 0 Å². The fourth-order valence-corrected chi connectivity index (χ4v) is 2.78. The summed E-state index contributed by atoms with van der Waals surface area (Å²) in [5.74, 6) is -3.02. The van der Waals surface area contributed by atoms with Crippen molar-refractivity contribution in [3.63, 3.8) is 0 Å². The topological polar surface area (TPSA) is 24.4 Å². The molecule has 0 saturated heterocycles. The molecule has 1 aliphatic rings. The summed E-state index contributed by atoms with van der Waals surface area (Å²) in [6.45, 7) is 1.20. The van der Waals surface area contributed by atoms with E-state index in [0.717, 1.165) is 22.5 Å².